The quantitative estimate of drug-likeness (QED) is 0.867. The van der Waals surface area contributed by atoms with E-state index in [4.69, 9.17) is 9.15 Å². The molecule has 1 aromatic rings. The van der Waals surface area contributed by atoms with E-state index in [0.29, 0.717) is 6.04 Å². The molecule has 0 aromatic carbocycles. The molecule has 1 aliphatic carbocycles. The van der Waals surface area contributed by atoms with Crippen LogP contribution in [0.3, 0.4) is 0 Å². The van der Waals surface area contributed by atoms with Crippen molar-refractivity contribution >= 4 is 0 Å². The Kier molecular flexibility index (Phi) is 4.44. The minimum atomic E-state index is 0.627. The van der Waals surface area contributed by atoms with Crippen LogP contribution in [0, 0.1) is 6.92 Å². The Morgan fingerprint density at radius 1 is 1.25 bits per heavy atom. The summed E-state index contributed by atoms with van der Waals surface area (Å²) in [7, 11) is 2.19. The van der Waals surface area contributed by atoms with Gasteiger partial charge < -0.3 is 14.5 Å². The monoisotopic (exact) mass is 278 g/mol. The predicted octanol–water partition coefficient (Wildman–Crippen LogP) is 2.45. The van der Waals surface area contributed by atoms with E-state index in [1.54, 1.807) is 0 Å². The van der Waals surface area contributed by atoms with E-state index in [1.807, 2.05) is 0 Å². The second-order valence-corrected chi connectivity index (χ2v) is 6.23. The van der Waals surface area contributed by atoms with Crippen LogP contribution in [0.2, 0.25) is 0 Å². The van der Waals surface area contributed by atoms with E-state index in [1.165, 1.54) is 18.4 Å². The Labute approximate surface area is 121 Å². The van der Waals surface area contributed by atoms with E-state index >= 15 is 0 Å². The summed E-state index contributed by atoms with van der Waals surface area (Å²) in [5, 5.41) is 3.52. The molecule has 2 heterocycles. The van der Waals surface area contributed by atoms with Crippen LogP contribution in [0.1, 0.15) is 42.8 Å². The van der Waals surface area contributed by atoms with Crippen molar-refractivity contribution in [1.29, 1.82) is 0 Å². The first-order valence-electron chi connectivity index (χ1n) is 7.82. The summed E-state index contributed by atoms with van der Waals surface area (Å²) < 4.78 is 11.4. The zero-order chi connectivity index (χ0) is 13.9. The third-order valence-electron chi connectivity index (χ3n) is 4.42. The molecule has 1 aromatic heterocycles. The lowest BCUT2D eigenvalue weighted by molar-refractivity contribution is 0.0386. The molecular formula is C16H26N2O2. The highest BCUT2D eigenvalue weighted by molar-refractivity contribution is 5.20. The number of nitrogens with zero attached hydrogens (tertiary/aromatic N) is 1. The third-order valence-corrected chi connectivity index (χ3v) is 4.42. The maximum absolute atomic E-state index is 6.02. The first kappa shape index (κ1) is 14.1. The molecule has 1 aliphatic heterocycles. The van der Waals surface area contributed by atoms with Crippen molar-refractivity contribution in [3.63, 3.8) is 0 Å². The van der Waals surface area contributed by atoms with Crippen LogP contribution in [-0.4, -0.2) is 37.2 Å². The van der Waals surface area contributed by atoms with E-state index in [9.17, 15) is 0 Å². The van der Waals surface area contributed by atoms with Crippen LogP contribution in [0.4, 0.5) is 0 Å². The Morgan fingerprint density at radius 3 is 2.70 bits per heavy atom. The summed E-state index contributed by atoms with van der Waals surface area (Å²) in [6, 6.07) is 3.55. The molecule has 0 spiro atoms. The van der Waals surface area contributed by atoms with Crippen molar-refractivity contribution in [2.24, 2.45) is 0 Å². The molecule has 0 atom stereocenters. The van der Waals surface area contributed by atoms with Crippen LogP contribution in [0.5, 0.6) is 0 Å². The van der Waals surface area contributed by atoms with E-state index in [0.717, 1.165) is 56.7 Å². The molecule has 1 N–H and O–H groups in total. The van der Waals surface area contributed by atoms with Gasteiger partial charge in [-0.1, -0.05) is 0 Å². The average molecular weight is 278 g/mol. The molecule has 0 unspecified atom stereocenters. The van der Waals surface area contributed by atoms with Gasteiger partial charge in [0.15, 0.2) is 0 Å². The lowest BCUT2D eigenvalue weighted by Gasteiger charge is -2.30. The molecule has 3 rings (SSSR count). The minimum Gasteiger partial charge on any atom is -0.463 e. The van der Waals surface area contributed by atoms with Gasteiger partial charge >= 0.3 is 0 Å². The van der Waals surface area contributed by atoms with Crippen molar-refractivity contribution in [1.82, 2.24) is 10.2 Å². The predicted molar refractivity (Wildman–Crippen MR) is 78.6 cm³/mol. The molecule has 112 valence electrons. The summed E-state index contributed by atoms with van der Waals surface area (Å²) >= 11 is 0. The summed E-state index contributed by atoms with van der Waals surface area (Å²) in [6.07, 6.45) is 4.90. The molecule has 0 bridgehead atoms. The lowest BCUT2D eigenvalue weighted by atomic mass is 10.1. The second kappa shape index (κ2) is 6.29. The van der Waals surface area contributed by atoms with Gasteiger partial charge in [0.25, 0.3) is 0 Å². The zero-order valence-corrected chi connectivity index (χ0v) is 12.7. The van der Waals surface area contributed by atoms with Crippen LogP contribution in [-0.2, 0) is 17.8 Å². The van der Waals surface area contributed by atoms with Gasteiger partial charge in [-0.05, 0) is 51.3 Å². The molecule has 1 saturated heterocycles. The number of hydrogen-bond donors (Lipinski definition) is 1. The van der Waals surface area contributed by atoms with Gasteiger partial charge in [0.2, 0.25) is 0 Å². The molecule has 4 nitrogen and oxygen atoms in total. The Morgan fingerprint density at radius 2 is 2.00 bits per heavy atom. The topological polar surface area (TPSA) is 37.6 Å². The summed E-state index contributed by atoms with van der Waals surface area (Å²) in [6.45, 7) is 5.70. The number of ether oxygens (including phenoxy) is 1. The first-order valence-corrected chi connectivity index (χ1v) is 7.82. The zero-order valence-electron chi connectivity index (χ0n) is 12.7. The Balaban J connectivity index is 1.54. The van der Waals surface area contributed by atoms with Crippen molar-refractivity contribution < 1.29 is 9.15 Å². The van der Waals surface area contributed by atoms with Crippen molar-refractivity contribution in [3.05, 3.63) is 23.2 Å². The fourth-order valence-corrected chi connectivity index (χ4v) is 2.87. The lowest BCUT2D eigenvalue weighted by Crippen LogP contribution is -2.36. The van der Waals surface area contributed by atoms with E-state index in [-0.39, 0.29) is 0 Å². The molecular weight excluding hydrogens is 252 g/mol. The molecule has 2 aliphatic rings. The highest BCUT2D eigenvalue weighted by Crippen LogP contribution is 2.22. The largest absolute Gasteiger partial charge is 0.463 e. The summed E-state index contributed by atoms with van der Waals surface area (Å²) in [4.78, 5) is 2.40. The Bertz CT molecular complexity index is 434. The molecule has 0 radical (unpaired) electrons. The van der Waals surface area contributed by atoms with Gasteiger partial charge in [-0.25, -0.2) is 0 Å². The van der Waals surface area contributed by atoms with E-state index in [2.05, 4.69) is 30.3 Å². The van der Waals surface area contributed by atoms with Gasteiger partial charge in [0.1, 0.15) is 11.5 Å². The van der Waals surface area contributed by atoms with Crippen LogP contribution in [0.25, 0.3) is 0 Å². The molecule has 20 heavy (non-hydrogen) atoms. The number of nitrogens with one attached hydrogen (secondary N) is 1. The van der Waals surface area contributed by atoms with E-state index < -0.39 is 0 Å². The normalized spacial score (nSPS) is 20.8. The highest BCUT2D eigenvalue weighted by Gasteiger charge is 2.22. The standard InChI is InChI=1S/C16H26N2O2/c1-12-9-15(20-16(12)10-17-13-3-4-13)11-18(2)14-5-7-19-8-6-14/h9,13-14,17H,3-8,10-11H2,1-2H3. The van der Waals surface area contributed by atoms with Crippen molar-refractivity contribution in [2.75, 3.05) is 20.3 Å². The van der Waals surface area contributed by atoms with Gasteiger partial charge in [0, 0.05) is 25.3 Å². The van der Waals surface area contributed by atoms with Crippen LogP contribution >= 0.6 is 0 Å². The number of furan rings is 1. The maximum Gasteiger partial charge on any atom is 0.120 e. The fraction of sp³-hybridized carbons (Fsp3) is 0.750. The molecule has 2 fully saturated rings. The highest BCUT2D eigenvalue weighted by atomic mass is 16.5. The SMILES string of the molecule is Cc1cc(CN(C)C2CCOCC2)oc1CNC1CC1. The molecule has 4 heteroatoms. The molecule has 0 amide bonds. The molecule has 1 saturated carbocycles. The number of hydrogen-bond acceptors (Lipinski definition) is 4. The summed E-state index contributed by atoms with van der Waals surface area (Å²) in [5.74, 6) is 2.19. The fourth-order valence-electron chi connectivity index (χ4n) is 2.87. The smallest absolute Gasteiger partial charge is 0.120 e. The number of aryl methyl sites for hydroxylation is 1. The van der Waals surface area contributed by atoms with Gasteiger partial charge in [-0.3, -0.25) is 4.90 Å². The van der Waals surface area contributed by atoms with Crippen molar-refractivity contribution in [2.45, 2.75) is 57.8 Å². The Hall–Kier alpha value is -0.840. The second-order valence-electron chi connectivity index (χ2n) is 6.23. The maximum atomic E-state index is 6.02. The van der Waals surface area contributed by atoms with Crippen molar-refractivity contribution in [3.8, 4) is 0 Å². The number of rotatable bonds is 6. The summed E-state index contributed by atoms with van der Waals surface area (Å²) in [5.41, 5.74) is 1.27. The first-order chi connectivity index (χ1) is 9.72. The van der Waals surface area contributed by atoms with Gasteiger partial charge in [-0.15, -0.1) is 0 Å². The average Bonchev–Trinajstić information content (AvgIpc) is 3.22. The van der Waals surface area contributed by atoms with Gasteiger partial charge in [-0.2, -0.15) is 0 Å². The van der Waals surface area contributed by atoms with Gasteiger partial charge in [0.05, 0.1) is 13.1 Å². The third kappa shape index (κ3) is 3.62. The van der Waals surface area contributed by atoms with Crippen LogP contribution < -0.4 is 5.32 Å². The van der Waals surface area contributed by atoms with Crippen LogP contribution in [0.15, 0.2) is 10.5 Å². The minimum absolute atomic E-state index is 0.627.